The molecule has 0 aromatic carbocycles. The summed E-state index contributed by atoms with van der Waals surface area (Å²) in [7, 11) is 0. The van der Waals surface area contributed by atoms with E-state index < -0.39 is 23.4 Å². The summed E-state index contributed by atoms with van der Waals surface area (Å²) in [5.74, 6) is -1.18. The van der Waals surface area contributed by atoms with Gasteiger partial charge in [0.05, 0.1) is 0 Å². The molecule has 0 aromatic rings. The van der Waals surface area contributed by atoms with Gasteiger partial charge in [-0.2, -0.15) is 0 Å². The molecular formula is C18H27NO5. The molecule has 0 radical (unpaired) electrons. The fourth-order valence-corrected chi connectivity index (χ4v) is 2.94. The highest BCUT2D eigenvalue weighted by atomic mass is 16.6. The predicted molar refractivity (Wildman–Crippen MR) is 90.1 cm³/mol. The molecule has 0 saturated heterocycles. The molecule has 1 saturated carbocycles. The molecule has 0 bridgehead atoms. The molecule has 1 rings (SSSR count). The maximum absolute atomic E-state index is 12.7. The van der Waals surface area contributed by atoms with Crippen molar-refractivity contribution in [3.05, 3.63) is 25.3 Å². The van der Waals surface area contributed by atoms with Crippen LogP contribution in [0.2, 0.25) is 0 Å². The topological polar surface area (TPSA) is 81.7 Å². The zero-order valence-electron chi connectivity index (χ0n) is 14.3. The fourth-order valence-electron chi connectivity index (χ4n) is 2.94. The first-order chi connectivity index (χ1) is 11.5. The van der Waals surface area contributed by atoms with E-state index in [2.05, 4.69) is 18.5 Å². The zero-order chi connectivity index (χ0) is 18.0. The van der Waals surface area contributed by atoms with Crippen LogP contribution in [0, 0.1) is 5.92 Å². The Morgan fingerprint density at radius 3 is 2.62 bits per heavy atom. The van der Waals surface area contributed by atoms with E-state index in [9.17, 15) is 14.4 Å². The summed E-state index contributed by atoms with van der Waals surface area (Å²) in [5.41, 5.74) is -1.21. The molecule has 0 spiro atoms. The quantitative estimate of drug-likeness (QED) is 0.516. The Morgan fingerprint density at radius 2 is 2.00 bits per heavy atom. The molecule has 0 aromatic heterocycles. The van der Waals surface area contributed by atoms with E-state index in [0.717, 1.165) is 19.3 Å². The van der Waals surface area contributed by atoms with Crippen LogP contribution in [-0.2, 0) is 23.9 Å². The van der Waals surface area contributed by atoms with Crippen LogP contribution in [-0.4, -0.2) is 36.6 Å². The van der Waals surface area contributed by atoms with Crippen LogP contribution in [0.1, 0.15) is 45.4 Å². The normalized spacial score (nSPS) is 23.0. The summed E-state index contributed by atoms with van der Waals surface area (Å²) in [5, 5.41) is 2.54. The number of rotatable bonds is 9. The number of amides is 1. The Kier molecular flexibility index (Phi) is 8.22. The molecule has 6 heteroatoms. The average molecular weight is 337 g/mol. The molecule has 1 aliphatic carbocycles. The van der Waals surface area contributed by atoms with Gasteiger partial charge in [0.2, 0.25) is 0 Å². The first-order valence-corrected chi connectivity index (χ1v) is 8.35. The van der Waals surface area contributed by atoms with Gasteiger partial charge < -0.3 is 14.8 Å². The summed E-state index contributed by atoms with van der Waals surface area (Å²) in [6.07, 6.45) is 6.87. The molecule has 24 heavy (non-hydrogen) atoms. The molecule has 134 valence electrons. The Labute approximate surface area is 143 Å². The number of ether oxygens (including phenoxy) is 2. The SMILES string of the molecule is C=CCOC(=O)CNC(=O)C1(OC(=O)CC)CCCC(CC=C)C1. The van der Waals surface area contributed by atoms with Crippen LogP contribution in [0.4, 0.5) is 0 Å². The van der Waals surface area contributed by atoms with Gasteiger partial charge >= 0.3 is 11.9 Å². The lowest BCUT2D eigenvalue weighted by Crippen LogP contribution is -2.53. The lowest BCUT2D eigenvalue weighted by molar-refractivity contribution is -0.174. The Hall–Kier alpha value is -2.11. The van der Waals surface area contributed by atoms with Gasteiger partial charge in [-0.15, -0.1) is 6.58 Å². The second kappa shape index (κ2) is 9.90. The van der Waals surface area contributed by atoms with E-state index in [4.69, 9.17) is 9.47 Å². The van der Waals surface area contributed by atoms with Crippen LogP contribution < -0.4 is 5.32 Å². The van der Waals surface area contributed by atoms with Crippen molar-refractivity contribution in [1.29, 1.82) is 0 Å². The van der Waals surface area contributed by atoms with Gasteiger partial charge in [-0.25, -0.2) is 0 Å². The maximum atomic E-state index is 12.7. The van der Waals surface area contributed by atoms with Crippen LogP contribution in [0.5, 0.6) is 0 Å². The first kappa shape index (κ1) is 19.9. The van der Waals surface area contributed by atoms with Crippen LogP contribution in [0.25, 0.3) is 0 Å². The maximum Gasteiger partial charge on any atom is 0.325 e. The summed E-state index contributed by atoms with van der Waals surface area (Å²) in [6.45, 7) is 8.70. The molecule has 6 nitrogen and oxygen atoms in total. The third kappa shape index (κ3) is 5.83. The van der Waals surface area contributed by atoms with Gasteiger partial charge in [-0.05, 0) is 38.0 Å². The first-order valence-electron chi connectivity index (χ1n) is 8.35. The number of nitrogens with one attached hydrogen (secondary N) is 1. The van der Waals surface area contributed by atoms with Gasteiger partial charge in [0, 0.05) is 6.42 Å². The molecule has 1 aliphatic rings. The highest BCUT2D eigenvalue weighted by Gasteiger charge is 2.45. The molecule has 2 unspecified atom stereocenters. The minimum Gasteiger partial charge on any atom is -0.460 e. The summed E-state index contributed by atoms with van der Waals surface area (Å²) >= 11 is 0. The predicted octanol–water partition coefficient (Wildman–Crippen LogP) is 2.29. The smallest absolute Gasteiger partial charge is 0.325 e. The van der Waals surface area contributed by atoms with Gasteiger partial charge in [-0.1, -0.05) is 25.7 Å². The molecule has 0 heterocycles. The number of hydrogen-bond donors (Lipinski definition) is 1. The van der Waals surface area contributed by atoms with Crippen molar-refractivity contribution >= 4 is 17.8 Å². The lowest BCUT2D eigenvalue weighted by Gasteiger charge is -2.38. The summed E-state index contributed by atoms with van der Waals surface area (Å²) in [6, 6.07) is 0. The van der Waals surface area contributed by atoms with Crippen molar-refractivity contribution < 1.29 is 23.9 Å². The summed E-state index contributed by atoms with van der Waals surface area (Å²) < 4.78 is 10.4. The van der Waals surface area contributed by atoms with E-state index in [1.807, 2.05) is 6.08 Å². The van der Waals surface area contributed by atoms with E-state index in [0.29, 0.717) is 12.8 Å². The van der Waals surface area contributed by atoms with Crippen molar-refractivity contribution in [3.8, 4) is 0 Å². The summed E-state index contributed by atoms with van der Waals surface area (Å²) in [4.78, 5) is 36.0. The monoisotopic (exact) mass is 337 g/mol. The Bertz CT molecular complexity index is 488. The number of esters is 2. The minimum atomic E-state index is -1.21. The molecule has 1 fully saturated rings. The standard InChI is InChI=1S/C18H27NO5/c1-4-8-14-9-7-10-18(12-14,24-15(20)6-3)17(22)19-13-16(21)23-11-5-2/h4-5,14H,1-2,6-13H2,3H3,(H,19,22). The number of carbonyl (C=O) groups excluding carboxylic acids is 3. The third-order valence-corrected chi connectivity index (χ3v) is 4.08. The van der Waals surface area contributed by atoms with Crippen LogP contribution in [0.3, 0.4) is 0 Å². The van der Waals surface area contributed by atoms with Crippen molar-refractivity contribution in [2.24, 2.45) is 5.92 Å². The lowest BCUT2D eigenvalue weighted by atomic mass is 9.76. The highest BCUT2D eigenvalue weighted by Crippen LogP contribution is 2.37. The van der Waals surface area contributed by atoms with Crippen molar-refractivity contribution in [3.63, 3.8) is 0 Å². The Balaban J connectivity index is 2.78. The van der Waals surface area contributed by atoms with Gasteiger partial charge in [0.25, 0.3) is 5.91 Å². The highest BCUT2D eigenvalue weighted by molar-refractivity contribution is 5.90. The number of carbonyl (C=O) groups is 3. The number of allylic oxidation sites excluding steroid dienone is 1. The fraction of sp³-hybridized carbons (Fsp3) is 0.611. The van der Waals surface area contributed by atoms with Gasteiger partial charge in [0.15, 0.2) is 5.60 Å². The number of hydrogen-bond acceptors (Lipinski definition) is 5. The van der Waals surface area contributed by atoms with Crippen molar-refractivity contribution in [2.75, 3.05) is 13.2 Å². The zero-order valence-corrected chi connectivity index (χ0v) is 14.3. The average Bonchev–Trinajstić information content (AvgIpc) is 2.58. The van der Waals surface area contributed by atoms with Crippen LogP contribution >= 0.6 is 0 Å². The van der Waals surface area contributed by atoms with Crippen molar-refractivity contribution in [2.45, 2.75) is 51.0 Å². The molecule has 1 N–H and O–H groups in total. The largest absolute Gasteiger partial charge is 0.460 e. The van der Waals surface area contributed by atoms with Gasteiger partial charge in [-0.3, -0.25) is 14.4 Å². The molecule has 2 atom stereocenters. The van der Waals surface area contributed by atoms with Crippen molar-refractivity contribution in [1.82, 2.24) is 5.32 Å². The second-order valence-electron chi connectivity index (χ2n) is 5.96. The second-order valence-corrected chi connectivity index (χ2v) is 5.96. The third-order valence-electron chi connectivity index (χ3n) is 4.08. The van der Waals surface area contributed by atoms with E-state index >= 15 is 0 Å². The molecule has 1 amide bonds. The van der Waals surface area contributed by atoms with E-state index in [1.54, 1.807) is 6.92 Å². The minimum absolute atomic E-state index is 0.0894. The van der Waals surface area contributed by atoms with Crippen LogP contribution in [0.15, 0.2) is 25.3 Å². The van der Waals surface area contributed by atoms with E-state index in [1.165, 1.54) is 6.08 Å². The molecule has 0 aliphatic heterocycles. The molecular weight excluding hydrogens is 310 g/mol. The van der Waals surface area contributed by atoms with E-state index in [-0.39, 0.29) is 25.5 Å². The van der Waals surface area contributed by atoms with Gasteiger partial charge in [0.1, 0.15) is 13.2 Å². The Morgan fingerprint density at radius 1 is 1.25 bits per heavy atom.